The van der Waals surface area contributed by atoms with Crippen molar-refractivity contribution >= 4 is 44.4 Å². The summed E-state index contributed by atoms with van der Waals surface area (Å²) in [5.41, 5.74) is 4.20. The van der Waals surface area contributed by atoms with Gasteiger partial charge in [0.2, 0.25) is 0 Å². The van der Waals surface area contributed by atoms with Crippen molar-refractivity contribution in [1.82, 2.24) is 4.98 Å². The van der Waals surface area contributed by atoms with Crippen molar-refractivity contribution in [3.05, 3.63) is 94.5 Å². The van der Waals surface area contributed by atoms with Crippen molar-refractivity contribution < 1.29 is 14.3 Å². The highest BCUT2D eigenvalue weighted by molar-refractivity contribution is 9.10. The molecule has 0 aliphatic carbocycles. The summed E-state index contributed by atoms with van der Waals surface area (Å²) in [4.78, 5) is 29.9. The number of benzene rings is 3. The first kappa shape index (κ1) is 20.8. The van der Waals surface area contributed by atoms with Crippen LogP contribution in [0.15, 0.2) is 83.3 Å². The maximum Gasteiger partial charge on any atom is 0.339 e. The minimum atomic E-state index is -0.571. The second kappa shape index (κ2) is 9.10. The van der Waals surface area contributed by atoms with Gasteiger partial charge in [-0.15, -0.1) is 0 Å². The summed E-state index contributed by atoms with van der Waals surface area (Å²) in [5.74, 6) is -0.973. The lowest BCUT2D eigenvalue weighted by atomic mass is 10.0. The number of aryl methyl sites for hydroxylation is 1. The molecule has 5 nitrogen and oxygen atoms in total. The number of nitrogens with one attached hydrogen (secondary N) is 1. The molecule has 0 aliphatic rings. The molecule has 1 N–H and O–H groups in total. The second-order valence-electron chi connectivity index (χ2n) is 7.02. The molecule has 4 aromatic rings. The van der Waals surface area contributed by atoms with Gasteiger partial charge in [-0.1, -0.05) is 64.5 Å². The van der Waals surface area contributed by atoms with Gasteiger partial charge in [0.05, 0.1) is 16.8 Å². The molecule has 3 aromatic carbocycles. The molecule has 0 radical (unpaired) electrons. The van der Waals surface area contributed by atoms with Crippen molar-refractivity contribution in [2.75, 3.05) is 11.9 Å². The van der Waals surface area contributed by atoms with Crippen molar-refractivity contribution in [1.29, 1.82) is 0 Å². The third-order valence-corrected chi connectivity index (χ3v) is 5.30. The van der Waals surface area contributed by atoms with E-state index in [1.807, 2.05) is 73.7 Å². The average molecular weight is 475 g/mol. The molecule has 0 aliphatic heterocycles. The van der Waals surface area contributed by atoms with E-state index in [4.69, 9.17) is 4.74 Å². The van der Waals surface area contributed by atoms with Crippen LogP contribution in [0.1, 0.15) is 15.9 Å². The SMILES string of the molecule is Cc1cc(Br)ccc1NC(=O)COC(=O)c1cc(-c2ccccc2)nc2ccccc12. The van der Waals surface area contributed by atoms with Crippen LogP contribution in [0.5, 0.6) is 0 Å². The van der Waals surface area contributed by atoms with Gasteiger partial charge in [-0.05, 0) is 42.8 Å². The fourth-order valence-corrected chi connectivity index (χ4v) is 3.74. The molecule has 0 saturated carbocycles. The molecule has 4 rings (SSSR count). The number of esters is 1. The number of fused-ring (bicyclic) bond motifs is 1. The van der Waals surface area contributed by atoms with E-state index in [-0.39, 0.29) is 6.61 Å². The Hall–Kier alpha value is -3.51. The zero-order valence-corrected chi connectivity index (χ0v) is 18.3. The Morgan fingerprint density at radius 2 is 1.71 bits per heavy atom. The molecule has 0 saturated heterocycles. The Balaban J connectivity index is 1.55. The molecule has 6 heteroatoms. The summed E-state index contributed by atoms with van der Waals surface area (Å²) >= 11 is 3.39. The molecule has 0 atom stereocenters. The zero-order valence-electron chi connectivity index (χ0n) is 16.8. The van der Waals surface area contributed by atoms with E-state index in [0.717, 1.165) is 15.6 Å². The largest absolute Gasteiger partial charge is 0.452 e. The number of nitrogens with zero attached hydrogens (tertiary/aromatic N) is 1. The number of carbonyl (C=O) groups is 2. The van der Waals surface area contributed by atoms with Crippen LogP contribution in [-0.4, -0.2) is 23.5 Å². The number of anilines is 1. The number of hydrogen-bond donors (Lipinski definition) is 1. The quantitative estimate of drug-likeness (QED) is 0.373. The third-order valence-electron chi connectivity index (χ3n) is 4.80. The van der Waals surface area contributed by atoms with E-state index in [2.05, 4.69) is 26.2 Å². The van der Waals surface area contributed by atoms with Crippen LogP contribution < -0.4 is 5.32 Å². The van der Waals surface area contributed by atoms with Crippen molar-refractivity contribution in [3.8, 4) is 11.3 Å². The van der Waals surface area contributed by atoms with Gasteiger partial charge in [0, 0.05) is 21.1 Å². The van der Waals surface area contributed by atoms with Gasteiger partial charge in [0.1, 0.15) is 0 Å². The normalized spacial score (nSPS) is 10.6. The highest BCUT2D eigenvalue weighted by Crippen LogP contribution is 2.25. The molecule has 0 spiro atoms. The summed E-state index contributed by atoms with van der Waals surface area (Å²) in [7, 11) is 0. The predicted octanol–water partition coefficient (Wildman–Crippen LogP) is 5.77. The predicted molar refractivity (Wildman–Crippen MR) is 125 cm³/mol. The first-order valence-electron chi connectivity index (χ1n) is 9.69. The van der Waals surface area contributed by atoms with Gasteiger partial charge >= 0.3 is 5.97 Å². The topological polar surface area (TPSA) is 68.3 Å². The smallest absolute Gasteiger partial charge is 0.339 e. The van der Waals surface area contributed by atoms with E-state index in [9.17, 15) is 9.59 Å². The molecule has 31 heavy (non-hydrogen) atoms. The van der Waals surface area contributed by atoms with E-state index in [1.54, 1.807) is 12.1 Å². The van der Waals surface area contributed by atoms with Gasteiger partial charge in [0.25, 0.3) is 5.91 Å². The summed E-state index contributed by atoms with van der Waals surface area (Å²) < 4.78 is 6.26. The summed E-state index contributed by atoms with van der Waals surface area (Å²) in [5, 5.41) is 3.45. The lowest BCUT2D eigenvalue weighted by Gasteiger charge is -2.11. The lowest BCUT2D eigenvalue weighted by Crippen LogP contribution is -2.21. The first-order valence-corrected chi connectivity index (χ1v) is 10.5. The fourth-order valence-electron chi connectivity index (χ4n) is 3.26. The van der Waals surface area contributed by atoms with Gasteiger partial charge in [-0.25, -0.2) is 9.78 Å². The molecular formula is C25H19BrN2O3. The molecule has 154 valence electrons. The number of ether oxygens (including phenoxy) is 1. The summed E-state index contributed by atoms with van der Waals surface area (Å²) in [6, 6.07) is 24.2. The lowest BCUT2D eigenvalue weighted by molar-refractivity contribution is -0.119. The monoisotopic (exact) mass is 474 g/mol. The summed E-state index contributed by atoms with van der Waals surface area (Å²) in [6.45, 7) is 1.51. The molecule has 1 heterocycles. The Morgan fingerprint density at radius 1 is 0.968 bits per heavy atom. The van der Waals surface area contributed by atoms with Crippen molar-refractivity contribution in [2.45, 2.75) is 6.92 Å². The van der Waals surface area contributed by atoms with Crippen LogP contribution in [-0.2, 0) is 9.53 Å². The number of halogens is 1. The van der Waals surface area contributed by atoms with Crippen LogP contribution in [0.4, 0.5) is 5.69 Å². The Morgan fingerprint density at radius 3 is 2.48 bits per heavy atom. The van der Waals surface area contributed by atoms with E-state index < -0.39 is 11.9 Å². The maximum atomic E-state index is 12.9. The highest BCUT2D eigenvalue weighted by Gasteiger charge is 2.17. The second-order valence-corrected chi connectivity index (χ2v) is 7.94. The van der Waals surface area contributed by atoms with Gasteiger partial charge in [-0.3, -0.25) is 4.79 Å². The molecule has 1 amide bonds. The van der Waals surface area contributed by atoms with Crippen LogP contribution >= 0.6 is 15.9 Å². The Bertz CT molecular complexity index is 1270. The van der Waals surface area contributed by atoms with Crippen molar-refractivity contribution in [3.63, 3.8) is 0 Å². The highest BCUT2D eigenvalue weighted by atomic mass is 79.9. The molecule has 1 aromatic heterocycles. The molecule has 0 unspecified atom stereocenters. The number of pyridine rings is 1. The Kier molecular flexibility index (Phi) is 6.09. The fraction of sp³-hybridized carbons (Fsp3) is 0.0800. The third kappa shape index (κ3) is 4.81. The van der Waals surface area contributed by atoms with Crippen LogP contribution in [0.25, 0.3) is 22.2 Å². The number of carbonyl (C=O) groups excluding carboxylic acids is 2. The number of aromatic nitrogens is 1. The summed E-state index contributed by atoms with van der Waals surface area (Å²) in [6.07, 6.45) is 0. The molecule has 0 fully saturated rings. The van der Waals surface area contributed by atoms with Gasteiger partial charge in [-0.2, -0.15) is 0 Å². The van der Waals surface area contributed by atoms with E-state index >= 15 is 0 Å². The van der Waals surface area contributed by atoms with E-state index in [0.29, 0.717) is 27.8 Å². The Labute approximate surface area is 188 Å². The average Bonchev–Trinajstić information content (AvgIpc) is 2.79. The van der Waals surface area contributed by atoms with Crippen LogP contribution in [0, 0.1) is 6.92 Å². The van der Waals surface area contributed by atoms with Gasteiger partial charge in [0.15, 0.2) is 6.61 Å². The number of amides is 1. The van der Waals surface area contributed by atoms with Gasteiger partial charge < -0.3 is 10.1 Å². The minimum Gasteiger partial charge on any atom is -0.452 e. The molecular weight excluding hydrogens is 456 g/mol. The number of para-hydroxylation sites is 1. The van der Waals surface area contributed by atoms with Crippen LogP contribution in [0.2, 0.25) is 0 Å². The maximum absolute atomic E-state index is 12.9. The first-order chi connectivity index (χ1) is 15.0. The molecule has 0 bridgehead atoms. The standard InChI is InChI=1S/C25H19BrN2O3/c1-16-13-18(26)11-12-21(16)28-24(29)15-31-25(30)20-14-23(17-7-3-2-4-8-17)27-22-10-6-5-9-19(20)22/h2-14H,15H2,1H3,(H,28,29). The zero-order chi connectivity index (χ0) is 21.8. The van der Waals surface area contributed by atoms with E-state index in [1.165, 1.54) is 0 Å². The van der Waals surface area contributed by atoms with Crippen molar-refractivity contribution in [2.24, 2.45) is 0 Å². The number of rotatable bonds is 5. The minimum absolute atomic E-state index is 0.372. The number of hydrogen-bond acceptors (Lipinski definition) is 4. The van der Waals surface area contributed by atoms with Crippen LogP contribution in [0.3, 0.4) is 0 Å².